The molecule has 6 heteroatoms. The minimum Gasteiger partial charge on any atom is -0.367 e. The van der Waals surface area contributed by atoms with Gasteiger partial charge in [0.25, 0.3) is 0 Å². The molecule has 20 heavy (non-hydrogen) atoms. The van der Waals surface area contributed by atoms with E-state index in [9.17, 15) is 8.42 Å². The lowest BCUT2D eigenvalue weighted by atomic mass is 10.0. The lowest BCUT2D eigenvalue weighted by Gasteiger charge is -2.37. The molecule has 0 heterocycles. The number of nitrogens with zero attached hydrogens (tertiary/aromatic N) is 1. The summed E-state index contributed by atoms with van der Waals surface area (Å²) in [7, 11) is -1.64. The highest BCUT2D eigenvalue weighted by atomic mass is 32.2. The van der Waals surface area contributed by atoms with Gasteiger partial charge in [0.05, 0.1) is 5.69 Å². The van der Waals surface area contributed by atoms with Crippen LogP contribution < -0.4 is 15.4 Å². The van der Waals surface area contributed by atoms with Crippen molar-refractivity contribution in [3.63, 3.8) is 0 Å². The average molecular weight is 299 g/mol. The number of rotatable bonds is 7. The van der Waals surface area contributed by atoms with Gasteiger partial charge in [0.1, 0.15) is 4.90 Å². The van der Waals surface area contributed by atoms with Crippen molar-refractivity contribution in [3.8, 4) is 0 Å². The summed E-state index contributed by atoms with van der Waals surface area (Å²) in [5.74, 6) is 0. The molecule has 0 amide bonds. The van der Waals surface area contributed by atoms with Gasteiger partial charge in [-0.15, -0.1) is 0 Å². The fourth-order valence-electron chi connectivity index (χ4n) is 1.74. The zero-order valence-corrected chi connectivity index (χ0v) is 13.5. The van der Waals surface area contributed by atoms with Crippen LogP contribution in [0.5, 0.6) is 0 Å². The summed E-state index contributed by atoms with van der Waals surface area (Å²) < 4.78 is 27.3. The normalized spacial score (nSPS) is 12.4. The summed E-state index contributed by atoms with van der Waals surface area (Å²) in [4.78, 5) is 2.20. The SMILES string of the molecule is CCCNS(=O)(=O)c1ccccc1N(C)C(C)(C)CN. The molecule has 5 nitrogen and oxygen atoms in total. The summed E-state index contributed by atoms with van der Waals surface area (Å²) in [5, 5.41) is 0. The van der Waals surface area contributed by atoms with Gasteiger partial charge in [-0.3, -0.25) is 0 Å². The molecule has 0 aliphatic carbocycles. The van der Waals surface area contributed by atoms with Gasteiger partial charge in [0, 0.05) is 25.7 Å². The second-order valence-corrected chi connectivity index (χ2v) is 7.18. The first-order chi connectivity index (χ1) is 9.26. The average Bonchev–Trinajstić information content (AvgIpc) is 2.44. The predicted octanol–water partition coefficient (Wildman–Crippen LogP) is 1.55. The van der Waals surface area contributed by atoms with E-state index in [2.05, 4.69) is 4.72 Å². The molecule has 1 rings (SSSR count). The van der Waals surface area contributed by atoms with E-state index in [1.807, 2.05) is 38.8 Å². The number of likely N-dealkylation sites (N-methyl/N-ethyl adjacent to an activating group) is 1. The van der Waals surface area contributed by atoms with Crippen molar-refractivity contribution in [2.75, 3.05) is 25.0 Å². The number of para-hydroxylation sites is 1. The molecular weight excluding hydrogens is 274 g/mol. The molecule has 0 aromatic heterocycles. The van der Waals surface area contributed by atoms with Crippen LogP contribution in [0.2, 0.25) is 0 Å². The topological polar surface area (TPSA) is 75.4 Å². The van der Waals surface area contributed by atoms with Gasteiger partial charge >= 0.3 is 0 Å². The van der Waals surface area contributed by atoms with Gasteiger partial charge in [-0.2, -0.15) is 0 Å². The van der Waals surface area contributed by atoms with Crippen LogP contribution >= 0.6 is 0 Å². The first-order valence-corrected chi connectivity index (χ1v) is 8.27. The third kappa shape index (κ3) is 3.71. The predicted molar refractivity (Wildman–Crippen MR) is 83.5 cm³/mol. The molecule has 0 saturated heterocycles. The van der Waals surface area contributed by atoms with Crippen LogP contribution in [0.4, 0.5) is 5.69 Å². The molecule has 0 aliphatic heterocycles. The molecular formula is C14H25N3O2S. The summed E-state index contributed by atoms with van der Waals surface area (Å²) in [6.07, 6.45) is 0.755. The molecule has 1 aromatic rings. The van der Waals surface area contributed by atoms with Crippen LogP contribution in [-0.2, 0) is 10.0 Å². The van der Waals surface area contributed by atoms with Gasteiger partial charge in [-0.1, -0.05) is 19.1 Å². The van der Waals surface area contributed by atoms with Gasteiger partial charge in [0.2, 0.25) is 10.0 Å². The van der Waals surface area contributed by atoms with Crippen molar-refractivity contribution >= 4 is 15.7 Å². The van der Waals surface area contributed by atoms with Crippen molar-refractivity contribution < 1.29 is 8.42 Å². The van der Waals surface area contributed by atoms with Crippen LogP contribution in [0.25, 0.3) is 0 Å². The highest BCUT2D eigenvalue weighted by molar-refractivity contribution is 7.89. The van der Waals surface area contributed by atoms with E-state index < -0.39 is 10.0 Å². The Morgan fingerprint density at radius 2 is 1.90 bits per heavy atom. The fraction of sp³-hybridized carbons (Fsp3) is 0.571. The van der Waals surface area contributed by atoms with Crippen molar-refractivity contribution in [3.05, 3.63) is 24.3 Å². The highest BCUT2D eigenvalue weighted by Crippen LogP contribution is 2.28. The van der Waals surface area contributed by atoms with Gasteiger partial charge in [-0.25, -0.2) is 13.1 Å². The summed E-state index contributed by atoms with van der Waals surface area (Å²) in [5.41, 5.74) is 6.11. The maximum Gasteiger partial charge on any atom is 0.242 e. The molecule has 0 saturated carbocycles. The lowest BCUT2D eigenvalue weighted by molar-refractivity contribution is 0.495. The fourth-order valence-corrected chi connectivity index (χ4v) is 3.11. The molecule has 0 atom stereocenters. The van der Waals surface area contributed by atoms with E-state index in [0.717, 1.165) is 6.42 Å². The first-order valence-electron chi connectivity index (χ1n) is 6.79. The first kappa shape index (κ1) is 16.9. The molecule has 114 valence electrons. The number of hydrogen-bond acceptors (Lipinski definition) is 4. The van der Waals surface area contributed by atoms with E-state index in [4.69, 9.17) is 5.73 Å². The van der Waals surface area contributed by atoms with E-state index in [0.29, 0.717) is 18.8 Å². The third-order valence-corrected chi connectivity index (χ3v) is 4.97. The molecule has 1 aromatic carbocycles. The second-order valence-electron chi connectivity index (χ2n) is 5.44. The Morgan fingerprint density at radius 1 is 1.30 bits per heavy atom. The minimum atomic E-state index is -3.50. The smallest absolute Gasteiger partial charge is 0.242 e. The molecule has 0 unspecified atom stereocenters. The molecule has 3 N–H and O–H groups in total. The molecule has 0 aliphatic rings. The second kappa shape index (κ2) is 6.56. The third-order valence-electron chi connectivity index (χ3n) is 3.47. The zero-order valence-electron chi connectivity index (χ0n) is 12.7. The Bertz CT molecular complexity index is 541. The number of nitrogens with one attached hydrogen (secondary N) is 1. The van der Waals surface area contributed by atoms with Crippen molar-refractivity contribution in [2.24, 2.45) is 5.73 Å². The van der Waals surface area contributed by atoms with Crippen LogP contribution in [0.1, 0.15) is 27.2 Å². The standard InChI is InChI=1S/C14H25N3O2S/c1-5-10-16-20(18,19)13-9-7-6-8-12(13)17(4)14(2,3)11-15/h6-9,16H,5,10-11,15H2,1-4H3. The van der Waals surface area contributed by atoms with Crippen LogP contribution in [0.15, 0.2) is 29.2 Å². The zero-order chi connectivity index (χ0) is 15.4. The molecule has 0 spiro atoms. The van der Waals surface area contributed by atoms with E-state index in [1.165, 1.54) is 0 Å². The van der Waals surface area contributed by atoms with Gasteiger partial charge in [0.15, 0.2) is 0 Å². The number of hydrogen-bond donors (Lipinski definition) is 2. The number of nitrogens with two attached hydrogens (primary N) is 1. The van der Waals surface area contributed by atoms with Crippen molar-refractivity contribution in [1.82, 2.24) is 4.72 Å². The Kier molecular flexibility index (Phi) is 5.56. The van der Waals surface area contributed by atoms with E-state index in [-0.39, 0.29) is 10.4 Å². The molecule has 0 radical (unpaired) electrons. The Balaban J connectivity index is 3.24. The Hall–Kier alpha value is -1.11. The minimum absolute atomic E-state index is 0.289. The van der Waals surface area contributed by atoms with Gasteiger partial charge < -0.3 is 10.6 Å². The Labute approximate surface area is 122 Å². The largest absolute Gasteiger partial charge is 0.367 e. The van der Waals surface area contributed by atoms with Crippen LogP contribution in [-0.4, -0.2) is 34.1 Å². The van der Waals surface area contributed by atoms with Gasteiger partial charge in [-0.05, 0) is 32.4 Å². The maximum absolute atomic E-state index is 12.4. The highest BCUT2D eigenvalue weighted by Gasteiger charge is 2.27. The van der Waals surface area contributed by atoms with Crippen LogP contribution in [0.3, 0.4) is 0 Å². The van der Waals surface area contributed by atoms with E-state index >= 15 is 0 Å². The number of benzene rings is 1. The van der Waals surface area contributed by atoms with E-state index in [1.54, 1.807) is 18.2 Å². The van der Waals surface area contributed by atoms with Crippen LogP contribution in [0, 0.1) is 0 Å². The molecule has 0 fully saturated rings. The maximum atomic E-state index is 12.4. The summed E-state index contributed by atoms with van der Waals surface area (Å²) in [6.45, 7) is 6.75. The quantitative estimate of drug-likeness (QED) is 0.801. The number of anilines is 1. The molecule has 0 bridgehead atoms. The number of sulfonamides is 1. The monoisotopic (exact) mass is 299 g/mol. The summed E-state index contributed by atoms with van der Waals surface area (Å²) >= 11 is 0. The van der Waals surface area contributed by atoms with Crippen molar-refractivity contribution in [1.29, 1.82) is 0 Å². The summed E-state index contributed by atoms with van der Waals surface area (Å²) in [6, 6.07) is 6.99. The lowest BCUT2D eigenvalue weighted by Crippen LogP contribution is -2.48. The Morgan fingerprint density at radius 3 is 2.45 bits per heavy atom. The van der Waals surface area contributed by atoms with Crippen molar-refractivity contribution in [2.45, 2.75) is 37.6 Å².